The summed E-state index contributed by atoms with van der Waals surface area (Å²) in [5, 5.41) is 5.72. The molecule has 0 saturated carbocycles. The van der Waals surface area contributed by atoms with Crippen LogP contribution in [0, 0.1) is 5.92 Å². The van der Waals surface area contributed by atoms with Crippen LogP contribution in [-0.4, -0.2) is 31.2 Å². The first kappa shape index (κ1) is 19.0. The first-order valence-corrected chi connectivity index (χ1v) is 9.48. The lowest BCUT2D eigenvalue weighted by Gasteiger charge is -2.31. The van der Waals surface area contributed by atoms with Gasteiger partial charge in [-0.3, -0.25) is 0 Å². The number of hydrogen-bond acceptors (Lipinski definition) is 4. The Kier molecular flexibility index (Phi) is 6.52. The predicted molar refractivity (Wildman–Crippen MR) is 107 cm³/mol. The quantitative estimate of drug-likeness (QED) is 0.821. The van der Waals surface area contributed by atoms with Gasteiger partial charge in [-0.25, -0.2) is 9.78 Å². The predicted octanol–water partition coefficient (Wildman–Crippen LogP) is 3.33. The first-order chi connectivity index (χ1) is 13.1. The molecule has 27 heavy (non-hydrogen) atoms. The molecule has 0 bridgehead atoms. The minimum atomic E-state index is -0.202. The average Bonchev–Trinajstić information content (AvgIpc) is 2.72. The van der Waals surface area contributed by atoms with Gasteiger partial charge in [-0.2, -0.15) is 0 Å². The number of pyridine rings is 1. The molecule has 1 fully saturated rings. The molecule has 3 rings (SSSR count). The molecule has 2 amide bonds. The second-order valence-electron chi connectivity index (χ2n) is 7.08. The maximum atomic E-state index is 12.0. The van der Waals surface area contributed by atoms with Crippen LogP contribution in [0.3, 0.4) is 0 Å². The average molecular weight is 368 g/mol. The van der Waals surface area contributed by atoms with Crippen LogP contribution in [0.2, 0.25) is 0 Å². The van der Waals surface area contributed by atoms with E-state index in [1.54, 1.807) is 7.11 Å². The Hall–Kier alpha value is -2.76. The Morgan fingerprint density at radius 1 is 1.15 bits per heavy atom. The second kappa shape index (κ2) is 9.26. The summed E-state index contributed by atoms with van der Waals surface area (Å²) in [7, 11) is 1.63. The summed E-state index contributed by atoms with van der Waals surface area (Å²) in [6.45, 7) is 5.34. The molecule has 2 heterocycles. The molecule has 0 aliphatic carbocycles. The van der Waals surface area contributed by atoms with Crippen molar-refractivity contribution in [2.24, 2.45) is 5.92 Å². The fourth-order valence-electron chi connectivity index (χ4n) is 3.16. The first-order valence-electron chi connectivity index (χ1n) is 9.48. The van der Waals surface area contributed by atoms with Gasteiger partial charge < -0.3 is 20.3 Å². The third-order valence-corrected chi connectivity index (χ3v) is 4.96. The number of hydrogen-bond donors (Lipinski definition) is 2. The molecule has 0 unspecified atom stereocenters. The molecule has 1 saturated heterocycles. The van der Waals surface area contributed by atoms with E-state index in [1.807, 2.05) is 42.6 Å². The number of nitrogens with one attached hydrogen (secondary N) is 2. The van der Waals surface area contributed by atoms with Crippen molar-refractivity contribution in [1.29, 1.82) is 0 Å². The molecule has 1 aromatic heterocycles. The number of rotatable bonds is 6. The van der Waals surface area contributed by atoms with Crippen LogP contribution < -0.4 is 20.3 Å². The molecule has 2 aromatic rings. The fraction of sp³-hybridized carbons (Fsp3) is 0.429. The maximum absolute atomic E-state index is 12.0. The van der Waals surface area contributed by atoms with Gasteiger partial charge in [0.2, 0.25) is 0 Å². The highest BCUT2D eigenvalue weighted by Gasteiger charge is 2.16. The number of piperidine rings is 1. The third kappa shape index (κ3) is 5.61. The number of nitrogens with zero attached hydrogens (tertiary/aromatic N) is 2. The van der Waals surface area contributed by atoms with Crippen LogP contribution in [0.4, 0.5) is 10.6 Å². The van der Waals surface area contributed by atoms with Crippen LogP contribution in [0.5, 0.6) is 5.75 Å². The zero-order chi connectivity index (χ0) is 19.1. The van der Waals surface area contributed by atoms with E-state index < -0.39 is 0 Å². The number of carbonyl (C=O) groups excluding carboxylic acids is 1. The Morgan fingerprint density at radius 3 is 2.56 bits per heavy atom. The van der Waals surface area contributed by atoms with Crippen LogP contribution >= 0.6 is 0 Å². The third-order valence-electron chi connectivity index (χ3n) is 4.96. The largest absolute Gasteiger partial charge is 0.497 e. The van der Waals surface area contributed by atoms with Gasteiger partial charge in [-0.1, -0.05) is 25.1 Å². The molecule has 0 radical (unpaired) electrons. The summed E-state index contributed by atoms with van der Waals surface area (Å²) in [4.78, 5) is 18.9. The van der Waals surface area contributed by atoms with Crippen molar-refractivity contribution >= 4 is 11.8 Å². The molecule has 6 heteroatoms. The van der Waals surface area contributed by atoms with Crippen molar-refractivity contribution in [2.45, 2.75) is 32.9 Å². The van der Waals surface area contributed by atoms with Crippen LogP contribution in [-0.2, 0) is 13.1 Å². The maximum Gasteiger partial charge on any atom is 0.315 e. The smallest absolute Gasteiger partial charge is 0.315 e. The molecular formula is C21H28N4O2. The van der Waals surface area contributed by atoms with E-state index in [9.17, 15) is 4.79 Å². The van der Waals surface area contributed by atoms with Gasteiger partial charge in [0, 0.05) is 32.4 Å². The number of anilines is 1. The molecular weight excluding hydrogens is 340 g/mol. The minimum Gasteiger partial charge on any atom is -0.497 e. The monoisotopic (exact) mass is 368 g/mol. The summed E-state index contributed by atoms with van der Waals surface area (Å²) >= 11 is 0. The molecule has 6 nitrogen and oxygen atoms in total. The highest BCUT2D eigenvalue weighted by atomic mass is 16.5. The van der Waals surface area contributed by atoms with Gasteiger partial charge >= 0.3 is 6.03 Å². The number of ether oxygens (including phenoxy) is 1. The summed E-state index contributed by atoms with van der Waals surface area (Å²) in [5.41, 5.74) is 1.98. The van der Waals surface area contributed by atoms with Crippen molar-refractivity contribution in [3.8, 4) is 5.75 Å². The Bertz CT molecular complexity index is 740. The van der Waals surface area contributed by atoms with Crippen molar-refractivity contribution in [3.05, 3.63) is 53.7 Å². The molecule has 144 valence electrons. The molecule has 1 aromatic carbocycles. The van der Waals surface area contributed by atoms with Gasteiger partial charge in [-0.05, 0) is 48.1 Å². The normalized spacial score (nSPS) is 14.7. The van der Waals surface area contributed by atoms with E-state index in [4.69, 9.17) is 4.74 Å². The zero-order valence-electron chi connectivity index (χ0n) is 16.1. The topological polar surface area (TPSA) is 66.5 Å². The summed E-state index contributed by atoms with van der Waals surface area (Å²) in [5.74, 6) is 2.61. The Morgan fingerprint density at radius 2 is 1.89 bits per heavy atom. The lowest BCUT2D eigenvalue weighted by Crippen LogP contribution is -2.35. The van der Waals surface area contributed by atoms with E-state index in [0.717, 1.165) is 41.7 Å². The van der Waals surface area contributed by atoms with Gasteiger partial charge in [0.1, 0.15) is 11.6 Å². The van der Waals surface area contributed by atoms with Gasteiger partial charge in [0.15, 0.2) is 0 Å². The fourth-order valence-corrected chi connectivity index (χ4v) is 3.16. The molecule has 0 spiro atoms. The molecule has 0 atom stereocenters. The standard InChI is InChI=1S/C21H28N4O2/c1-16-8-10-25(11-9-16)20-7-6-18(14-22-20)15-24-21(26)23-13-17-4-3-5-19(12-17)27-2/h3-7,12,14,16H,8-11,13,15H2,1-2H3,(H2,23,24,26). The van der Waals surface area contributed by atoms with Crippen LogP contribution in [0.1, 0.15) is 30.9 Å². The van der Waals surface area contributed by atoms with Crippen molar-refractivity contribution in [3.63, 3.8) is 0 Å². The van der Waals surface area contributed by atoms with E-state index in [0.29, 0.717) is 13.1 Å². The van der Waals surface area contributed by atoms with Crippen molar-refractivity contribution in [2.75, 3.05) is 25.1 Å². The molecule has 2 N–H and O–H groups in total. The van der Waals surface area contributed by atoms with Crippen molar-refractivity contribution in [1.82, 2.24) is 15.6 Å². The number of aromatic nitrogens is 1. The van der Waals surface area contributed by atoms with Gasteiger partial charge in [0.05, 0.1) is 7.11 Å². The van der Waals surface area contributed by atoms with E-state index >= 15 is 0 Å². The summed E-state index contributed by atoms with van der Waals surface area (Å²) in [6, 6.07) is 11.5. The van der Waals surface area contributed by atoms with Crippen LogP contribution in [0.25, 0.3) is 0 Å². The van der Waals surface area contributed by atoms with Crippen LogP contribution in [0.15, 0.2) is 42.6 Å². The highest BCUT2D eigenvalue weighted by molar-refractivity contribution is 5.73. The van der Waals surface area contributed by atoms with Gasteiger partial charge in [0.25, 0.3) is 0 Å². The second-order valence-corrected chi connectivity index (χ2v) is 7.08. The lowest BCUT2D eigenvalue weighted by atomic mass is 9.99. The van der Waals surface area contributed by atoms with Gasteiger partial charge in [-0.15, -0.1) is 0 Å². The van der Waals surface area contributed by atoms with E-state index in [1.165, 1.54) is 12.8 Å². The van der Waals surface area contributed by atoms with E-state index in [-0.39, 0.29) is 6.03 Å². The van der Waals surface area contributed by atoms with E-state index in [2.05, 4.69) is 27.4 Å². The number of carbonyl (C=O) groups is 1. The summed E-state index contributed by atoms with van der Waals surface area (Å²) < 4.78 is 5.19. The highest BCUT2D eigenvalue weighted by Crippen LogP contribution is 2.21. The van der Waals surface area contributed by atoms with Crippen molar-refractivity contribution < 1.29 is 9.53 Å². The number of urea groups is 1. The number of amides is 2. The lowest BCUT2D eigenvalue weighted by molar-refractivity contribution is 0.240. The number of benzene rings is 1. The Labute approximate surface area is 160 Å². The molecule has 1 aliphatic rings. The molecule has 1 aliphatic heterocycles. The number of methoxy groups -OCH3 is 1. The summed E-state index contributed by atoms with van der Waals surface area (Å²) in [6.07, 6.45) is 4.28. The SMILES string of the molecule is COc1cccc(CNC(=O)NCc2ccc(N3CCC(C)CC3)nc2)c1. The zero-order valence-corrected chi connectivity index (χ0v) is 16.1. The Balaban J connectivity index is 1.43. The minimum absolute atomic E-state index is 0.202.